The van der Waals surface area contributed by atoms with E-state index in [-0.39, 0.29) is 5.91 Å². The number of anilines is 1. The van der Waals surface area contributed by atoms with E-state index in [0.717, 1.165) is 5.69 Å². The summed E-state index contributed by atoms with van der Waals surface area (Å²) >= 11 is 3.23. The van der Waals surface area contributed by atoms with E-state index in [1.165, 1.54) is 0 Å². The number of carbonyl (C=O) groups excluding carboxylic acids is 1. The van der Waals surface area contributed by atoms with E-state index in [0.29, 0.717) is 10.2 Å². The number of para-hydroxylation sites is 1. The monoisotopic (exact) mass is 265 g/mol. The molecule has 0 unspecified atom stereocenters. The van der Waals surface area contributed by atoms with Crippen molar-refractivity contribution in [1.82, 2.24) is 10.2 Å². The molecule has 1 heterocycles. The molecule has 2 N–H and O–H groups in total. The Morgan fingerprint density at radius 1 is 1.33 bits per heavy atom. The van der Waals surface area contributed by atoms with E-state index in [1.807, 2.05) is 30.3 Å². The summed E-state index contributed by atoms with van der Waals surface area (Å²) in [6.45, 7) is 0. The molecular formula is C10H8BrN3O. The molecule has 1 aromatic heterocycles. The zero-order valence-electron chi connectivity index (χ0n) is 7.70. The Kier molecular flexibility index (Phi) is 2.82. The number of carbonyl (C=O) groups is 1. The van der Waals surface area contributed by atoms with Gasteiger partial charge in [0.25, 0.3) is 5.91 Å². The average Bonchev–Trinajstić information content (AvgIpc) is 2.66. The van der Waals surface area contributed by atoms with Crippen LogP contribution in [0.3, 0.4) is 0 Å². The summed E-state index contributed by atoms with van der Waals surface area (Å²) in [6.07, 6.45) is 1.54. The van der Waals surface area contributed by atoms with E-state index in [2.05, 4.69) is 31.4 Å². The van der Waals surface area contributed by atoms with E-state index in [1.54, 1.807) is 6.20 Å². The highest BCUT2D eigenvalue weighted by Gasteiger charge is 2.11. The summed E-state index contributed by atoms with van der Waals surface area (Å²) in [7, 11) is 0. The Bertz CT molecular complexity index is 467. The predicted molar refractivity (Wildman–Crippen MR) is 60.7 cm³/mol. The molecular weight excluding hydrogens is 258 g/mol. The fourth-order valence-corrected chi connectivity index (χ4v) is 1.52. The predicted octanol–water partition coefficient (Wildman–Crippen LogP) is 2.42. The number of nitrogens with one attached hydrogen (secondary N) is 2. The molecule has 15 heavy (non-hydrogen) atoms. The van der Waals surface area contributed by atoms with Crippen LogP contribution < -0.4 is 5.32 Å². The molecule has 0 spiro atoms. The molecule has 1 aromatic carbocycles. The minimum Gasteiger partial charge on any atom is -0.321 e. The van der Waals surface area contributed by atoms with Crippen molar-refractivity contribution in [2.24, 2.45) is 0 Å². The first-order valence-electron chi connectivity index (χ1n) is 4.32. The Labute approximate surface area is 94.8 Å². The fraction of sp³-hybridized carbons (Fsp3) is 0. The molecule has 2 rings (SSSR count). The molecule has 1 amide bonds. The first-order valence-corrected chi connectivity index (χ1v) is 5.12. The molecule has 5 heteroatoms. The Hall–Kier alpha value is -1.62. The minimum atomic E-state index is -0.217. The molecule has 0 atom stereocenters. The Morgan fingerprint density at radius 3 is 2.67 bits per heavy atom. The van der Waals surface area contributed by atoms with Gasteiger partial charge in [-0.15, -0.1) is 0 Å². The van der Waals surface area contributed by atoms with Gasteiger partial charge in [-0.25, -0.2) is 0 Å². The van der Waals surface area contributed by atoms with Crippen molar-refractivity contribution < 1.29 is 4.79 Å². The average molecular weight is 266 g/mol. The fourth-order valence-electron chi connectivity index (χ4n) is 1.15. The van der Waals surface area contributed by atoms with Crippen LogP contribution in [0.2, 0.25) is 0 Å². The lowest BCUT2D eigenvalue weighted by molar-refractivity contribution is 0.102. The summed E-state index contributed by atoms with van der Waals surface area (Å²) in [6, 6.07) is 9.25. The van der Waals surface area contributed by atoms with E-state index in [4.69, 9.17) is 0 Å². The van der Waals surface area contributed by atoms with Crippen LogP contribution in [0.15, 0.2) is 41.0 Å². The van der Waals surface area contributed by atoms with E-state index >= 15 is 0 Å². The topological polar surface area (TPSA) is 57.8 Å². The molecule has 0 aliphatic rings. The number of hydrogen-bond donors (Lipinski definition) is 2. The van der Waals surface area contributed by atoms with Gasteiger partial charge in [0.05, 0.1) is 10.7 Å². The van der Waals surface area contributed by atoms with Crippen molar-refractivity contribution >= 4 is 27.5 Å². The number of H-pyrrole nitrogens is 1. The highest BCUT2D eigenvalue weighted by atomic mass is 79.9. The van der Waals surface area contributed by atoms with Gasteiger partial charge < -0.3 is 5.32 Å². The van der Waals surface area contributed by atoms with Gasteiger partial charge in [-0.05, 0) is 28.1 Å². The van der Waals surface area contributed by atoms with Crippen molar-refractivity contribution in [1.29, 1.82) is 0 Å². The lowest BCUT2D eigenvalue weighted by atomic mass is 10.3. The molecule has 76 valence electrons. The molecule has 0 radical (unpaired) electrons. The van der Waals surface area contributed by atoms with Crippen LogP contribution in [0, 0.1) is 0 Å². The highest BCUT2D eigenvalue weighted by molar-refractivity contribution is 9.10. The molecule has 0 bridgehead atoms. The van der Waals surface area contributed by atoms with Crippen LogP contribution in [0.1, 0.15) is 10.5 Å². The quantitative estimate of drug-likeness (QED) is 0.877. The second-order valence-corrected chi connectivity index (χ2v) is 3.77. The van der Waals surface area contributed by atoms with Gasteiger partial charge in [-0.3, -0.25) is 9.89 Å². The smallest absolute Gasteiger partial charge is 0.274 e. The van der Waals surface area contributed by atoms with Gasteiger partial charge in [0.1, 0.15) is 5.69 Å². The maximum absolute atomic E-state index is 11.7. The van der Waals surface area contributed by atoms with Crippen LogP contribution in [-0.4, -0.2) is 16.1 Å². The van der Waals surface area contributed by atoms with E-state index in [9.17, 15) is 4.79 Å². The van der Waals surface area contributed by atoms with Gasteiger partial charge in [0.2, 0.25) is 0 Å². The summed E-state index contributed by atoms with van der Waals surface area (Å²) in [5, 5.41) is 9.11. The van der Waals surface area contributed by atoms with Crippen LogP contribution in [-0.2, 0) is 0 Å². The van der Waals surface area contributed by atoms with Crippen LogP contribution >= 0.6 is 15.9 Å². The third-order valence-corrected chi connectivity index (χ3v) is 2.45. The van der Waals surface area contributed by atoms with Crippen LogP contribution in [0.5, 0.6) is 0 Å². The molecule has 0 aliphatic carbocycles. The van der Waals surface area contributed by atoms with Crippen LogP contribution in [0.4, 0.5) is 5.69 Å². The Morgan fingerprint density at radius 2 is 2.07 bits per heavy atom. The molecule has 4 nitrogen and oxygen atoms in total. The maximum atomic E-state index is 11.7. The number of rotatable bonds is 2. The standard InChI is InChI=1S/C10H8BrN3O/c11-8-6-12-14-9(8)10(15)13-7-4-2-1-3-5-7/h1-6H,(H,12,14)(H,13,15). The number of hydrogen-bond acceptors (Lipinski definition) is 2. The van der Waals surface area contributed by atoms with Crippen molar-refractivity contribution in [2.45, 2.75) is 0 Å². The van der Waals surface area contributed by atoms with Crippen molar-refractivity contribution in [3.8, 4) is 0 Å². The Balaban J connectivity index is 2.15. The van der Waals surface area contributed by atoms with Gasteiger partial charge in [0, 0.05) is 5.69 Å². The molecule has 2 aromatic rings. The molecule has 0 aliphatic heterocycles. The third kappa shape index (κ3) is 2.24. The van der Waals surface area contributed by atoms with Crippen molar-refractivity contribution in [3.63, 3.8) is 0 Å². The van der Waals surface area contributed by atoms with Crippen LogP contribution in [0.25, 0.3) is 0 Å². The second kappa shape index (κ2) is 4.27. The maximum Gasteiger partial charge on any atom is 0.274 e. The first kappa shape index (κ1) is 9.92. The summed E-state index contributed by atoms with van der Waals surface area (Å²) < 4.78 is 0.649. The summed E-state index contributed by atoms with van der Waals surface area (Å²) in [5.74, 6) is -0.217. The largest absolute Gasteiger partial charge is 0.321 e. The normalized spacial score (nSPS) is 9.93. The van der Waals surface area contributed by atoms with Gasteiger partial charge in [-0.1, -0.05) is 18.2 Å². The number of halogens is 1. The summed E-state index contributed by atoms with van der Waals surface area (Å²) in [5.41, 5.74) is 1.17. The number of amides is 1. The number of aromatic nitrogens is 2. The van der Waals surface area contributed by atoms with Crippen molar-refractivity contribution in [3.05, 3.63) is 46.7 Å². The molecule has 0 fully saturated rings. The number of nitrogens with zero attached hydrogens (tertiary/aromatic N) is 1. The SMILES string of the molecule is O=C(Nc1ccccc1)c1[nH]ncc1Br. The molecule has 0 saturated heterocycles. The first-order chi connectivity index (χ1) is 7.27. The van der Waals surface area contributed by atoms with Gasteiger partial charge in [-0.2, -0.15) is 5.10 Å². The lowest BCUT2D eigenvalue weighted by Crippen LogP contribution is -2.12. The van der Waals surface area contributed by atoms with Crippen molar-refractivity contribution in [2.75, 3.05) is 5.32 Å². The van der Waals surface area contributed by atoms with Gasteiger partial charge in [0.15, 0.2) is 0 Å². The summed E-state index contributed by atoms with van der Waals surface area (Å²) in [4.78, 5) is 11.7. The molecule has 0 saturated carbocycles. The zero-order valence-corrected chi connectivity index (χ0v) is 9.28. The number of aromatic amines is 1. The minimum absolute atomic E-state index is 0.217. The second-order valence-electron chi connectivity index (χ2n) is 2.91. The van der Waals surface area contributed by atoms with E-state index < -0.39 is 0 Å². The third-order valence-electron chi connectivity index (χ3n) is 1.85. The zero-order chi connectivity index (χ0) is 10.7. The number of benzene rings is 1. The van der Waals surface area contributed by atoms with Gasteiger partial charge >= 0.3 is 0 Å². The highest BCUT2D eigenvalue weighted by Crippen LogP contribution is 2.14. The lowest BCUT2D eigenvalue weighted by Gasteiger charge is -2.02.